The van der Waals surface area contributed by atoms with E-state index in [0.717, 1.165) is 23.5 Å². The SMILES string of the molecule is COc1ccc(-n2nnc3cnc(Cc4cnn(Cc5ccccc5)c4)nc32)cc1. The normalized spacial score (nSPS) is 11.1. The van der Waals surface area contributed by atoms with Crippen LogP contribution in [0.2, 0.25) is 0 Å². The second-order valence-electron chi connectivity index (χ2n) is 6.90. The monoisotopic (exact) mass is 397 g/mol. The van der Waals surface area contributed by atoms with Crippen molar-refractivity contribution in [2.24, 2.45) is 0 Å². The predicted molar refractivity (Wildman–Crippen MR) is 112 cm³/mol. The van der Waals surface area contributed by atoms with Gasteiger partial charge in [-0.05, 0) is 35.4 Å². The summed E-state index contributed by atoms with van der Waals surface area (Å²) in [5.74, 6) is 1.48. The molecule has 3 heterocycles. The number of rotatable bonds is 6. The topological polar surface area (TPSA) is 83.5 Å². The third-order valence-corrected chi connectivity index (χ3v) is 4.80. The molecule has 0 N–H and O–H groups in total. The summed E-state index contributed by atoms with van der Waals surface area (Å²) in [4.78, 5) is 9.15. The van der Waals surface area contributed by atoms with Crippen LogP contribution in [0, 0.1) is 0 Å². The Bertz CT molecular complexity index is 1280. The van der Waals surface area contributed by atoms with Crippen molar-refractivity contribution in [3.8, 4) is 11.4 Å². The van der Waals surface area contributed by atoms with E-state index in [1.54, 1.807) is 18.0 Å². The highest BCUT2D eigenvalue weighted by Crippen LogP contribution is 2.18. The van der Waals surface area contributed by atoms with Crippen molar-refractivity contribution in [1.82, 2.24) is 34.7 Å². The summed E-state index contributed by atoms with van der Waals surface area (Å²) in [6.07, 6.45) is 6.17. The standard InChI is InChI=1S/C22H19N7O/c1-30-19-9-7-18(8-10-19)29-22-20(26-27-29)13-23-21(25-22)11-17-12-24-28(15-17)14-16-5-3-2-4-6-16/h2-10,12-13,15H,11,14H2,1H3. The van der Waals surface area contributed by atoms with E-state index in [9.17, 15) is 0 Å². The summed E-state index contributed by atoms with van der Waals surface area (Å²) >= 11 is 0. The van der Waals surface area contributed by atoms with Gasteiger partial charge in [0.25, 0.3) is 0 Å². The van der Waals surface area contributed by atoms with Gasteiger partial charge in [-0.3, -0.25) is 4.68 Å². The van der Waals surface area contributed by atoms with Crippen LogP contribution in [-0.2, 0) is 13.0 Å². The van der Waals surface area contributed by atoms with Gasteiger partial charge in [0, 0.05) is 12.6 Å². The Balaban J connectivity index is 1.39. The van der Waals surface area contributed by atoms with E-state index in [1.165, 1.54) is 5.56 Å². The fraction of sp³-hybridized carbons (Fsp3) is 0.136. The summed E-state index contributed by atoms with van der Waals surface area (Å²) in [6.45, 7) is 0.731. The maximum Gasteiger partial charge on any atom is 0.187 e. The highest BCUT2D eigenvalue weighted by atomic mass is 16.5. The van der Waals surface area contributed by atoms with Crippen molar-refractivity contribution < 1.29 is 4.74 Å². The lowest BCUT2D eigenvalue weighted by Crippen LogP contribution is -2.02. The van der Waals surface area contributed by atoms with E-state index < -0.39 is 0 Å². The third kappa shape index (κ3) is 3.62. The second kappa shape index (κ2) is 7.75. The van der Waals surface area contributed by atoms with Gasteiger partial charge >= 0.3 is 0 Å². The van der Waals surface area contributed by atoms with E-state index in [1.807, 2.05) is 59.5 Å². The van der Waals surface area contributed by atoms with Gasteiger partial charge in [0.2, 0.25) is 0 Å². The Kier molecular flexibility index (Phi) is 4.65. The molecule has 8 nitrogen and oxygen atoms in total. The van der Waals surface area contributed by atoms with Gasteiger partial charge in [-0.2, -0.15) is 9.78 Å². The minimum atomic E-state index is 0.582. The molecule has 0 radical (unpaired) electrons. The highest BCUT2D eigenvalue weighted by molar-refractivity contribution is 5.70. The number of hydrogen-bond donors (Lipinski definition) is 0. The van der Waals surface area contributed by atoms with Crippen molar-refractivity contribution in [2.45, 2.75) is 13.0 Å². The van der Waals surface area contributed by atoms with E-state index in [0.29, 0.717) is 23.4 Å². The molecule has 0 atom stereocenters. The molecular weight excluding hydrogens is 378 g/mol. The first-order valence-corrected chi connectivity index (χ1v) is 9.55. The summed E-state index contributed by atoms with van der Waals surface area (Å²) in [5, 5.41) is 12.9. The van der Waals surface area contributed by atoms with E-state index in [4.69, 9.17) is 9.72 Å². The van der Waals surface area contributed by atoms with Gasteiger partial charge in [-0.25, -0.2) is 9.97 Å². The zero-order chi connectivity index (χ0) is 20.3. The van der Waals surface area contributed by atoms with Crippen LogP contribution >= 0.6 is 0 Å². The quantitative estimate of drug-likeness (QED) is 0.438. The van der Waals surface area contributed by atoms with Crippen LogP contribution in [-0.4, -0.2) is 41.9 Å². The van der Waals surface area contributed by atoms with Crippen LogP contribution in [0.15, 0.2) is 73.2 Å². The zero-order valence-electron chi connectivity index (χ0n) is 16.4. The number of aromatic nitrogens is 7. The Morgan fingerprint density at radius 2 is 1.77 bits per heavy atom. The van der Waals surface area contributed by atoms with Crippen LogP contribution in [0.25, 0.3) is 16.9 Å². The Morgan fingerprint density at radius 3 is 2.57 bits per heavy atom. The predicted octanol–water partition coefficient (Wildman–Crippen LogP) is 3.05. The van der Waals surface area contributed by atoms with Crippen molar-refractivity contribution in [3.63, 3.8) is 0 Å². The molecule has 8 heteroatoms. The molecule has 30 heavy (non-hydrogen) atoms. The van der Waals surface area contributed by atoms with Crippen molar-refractivity contribution in [3.05, 3.63) is 90.1 Å². The maximum absolute atomic E-state index is 5.22. The molecule has 148 valence electrons. The first kappa shape index (κ1) is 18.0. The van der Waals surface area contributed by atoms with E-state index >= 15 is 0 Å². The Hall–Kier alpha value is -4.07. The number of methoxy groups -OCH3 is 1. The number of nitrogens with zero attached hydrogens (tertiary/aromatic N) is 7. The van der Waals surface area contributed by atoms with Gasteiger partial charge in [0.05, 0.1) is 31.7 Å². The highest BCUT2D eigenvalue weighted by Gasteiger charge is 2.11. The molecule has 5 rings (SSSR count). The minimum absolute atomic E-state index is 0.582. The van der Waals surface area contributed by atoms with Gasteiger partial charge < -0.3 is 4.74 Å². The van der Waals surface area contributed by atoms with Crippen LogP contribution in [0.5, 0.6) is 5.75 Å². The Morgan fingerprint density at radius 1 is 0.933 bits per heavy atom. The smallest absolute Gasteiger partial charge is 0.187 e. The maximum atomic E-state index is 5.22. The molecule has 3 aromatic heterocycles. The molecule has 0 saturated carbocycles. The van der Waals surface area contributed by atoms with Crippen LogP contribution in [0.3, 0.4) is 0 Å². The van der Waals surface area contributed by atoms with Gasteiger partial charge in [-0.1, -0.05) is 35.5 Å². The fourth-order valence-corrected chi connectivity index (χ4v) is 3.28. The molecule has 0 aliphatic rings. The molecular formula is C22H19N7O. The summed E-state index contributed by atoms with van der Waals surface area (Å²) in [7, 11) is 1.64. The summed E-state index contributed by atoms with van der Waals surface area (Å²) < 4.78 is 8.85. The molecule has 2 aromatic carbocycles. The number of ether oxygens (including phenoxy) is 1. The molecule has 0 aliphatic carbocycles. The summed E-state index contributed by atoms with van der Waals surface area (Å²) in [5.41, 5.74) is 4.43. The van der Waals surface area contributed by atoms with Crippen LogP contribution < -0.4 is 4.74 Å². The van der Waals surface area contributed by atoms with Crippen molar-refractivity contribution in [1.29, 1.82) is 0 Å². The van der Waals surface area contributed by atoms with E-state index in [-0.39, 0.29) is 0 Å². The third-order valence-electron chi connectivity index (χ3n) is 4.80. The molecule has 0 bridgehead atoms. The van der Waals surface area contributed by atoms with Crippen LogP contribution in [0.4, 0.5) is 0 Å². The molecule has 0 amide bonds. The summed E-state index contributed by atoms with van der Waals surface area (Å²) in [6, 6.07) is 17.9. The molecule has 0 fully saturated rings. The van der Waals surface area contributed by atoms with Crippen molar-refractivity contribution >= 4 is 11.2 Å². The largest absolute Gasteiger partial charge is 0.497 e. The average molecular weight is 397 g/mol. The van der Waals surface area contributed by atoms with E-state index in [2.05, 4.69) is 32.5 Å². The molecule has 0 saturated heterocycles. The van der Waals surface area contributed by atoms with Crippen molar-refractivity contribution in [2.75, 3.05) is 7.11 Å². The zero-order valence-corrected chi connectivity index (χ0v) is 16.4. The van der Waals surface area contributed by atoms with Gasteiger partial charge in [-0.15, -0.1) is 5.10 Å². The number of fused-ring (bicyclic) bond motifs is 1. The fourth-order valence-electron chi connectivity index (χ4n) is 3.28. The molecule has 0 spiro atoms. The lowest BCUT2D eigenvalue weighted by Gasteiger charge is -2.04. The molecule has 0 aliphatic heterocycles. The van der Waals surface area contributed by atoms with Gasteiger partial charge in [0.15, 0.2) is 11.2 Å². The molecule has 5 aromatic rings. The van der Waals surface area contributed by atoms with Crippen LogP contribution in [0.1, 0.15) is 17.0 Å². The number of benzene rings is 2. The Labute approximate surface area is 172 Å². The van der Waals surface area contributed by atoms with Gasteiger partial charge in [0.1, 0.15) is 11.6 Å². The first-order chi connectivity index (χ1) is 14.8. The number of hydrogen-bond acceptors (Lipinski definition) is 6. The lowest BCUT2D eigenvalue weighted by molar-refractivity contribution is 0.414. The minimum Gasteiger partial charge on any atom is -0.497 e. The average Bonchev–Trinajstić information content (AvgIpc) is 3.41. The lowest BCUT2D eigenvalue weighted by atomic mass is 10.2. The molecule has 0 unspecified atom stereocenters. The first-order valence-electron chi connectivity index (χ1n) is 9.55. The second-order valence-corrected chi connectivity index (χ2v) is 6.90.